The fraction of sp³-hybridized carbons (Fsp3) is 0.381. The molecule has 0 aliphatic carbocycles. The quantitative estimate of drug-likeness (QED) is 0.704. The molecule has 0 spiro atoms. The Kier molecular flexibility index (Phi) is 7.48. The summed E-state index contributed by atoms with van der Waals surface area (Å²) in [6.45, 7) is 3.40. The number of likely N-dealkylation sites (N-methyl/N-ethyl adjacent to an activating group) is 1. The first-order valence-corrected chi connectivity index (χ1v) is 8.84. The monoisotopic (exact) mass is 340 g/mol. The molecular formula is C21H28N2O2. The van der Waals surface area contributed by atoms with Gasteiger partial charge >= 0.3 is 0 Å². The number of carbonyl (C=O) groups is 1. The van der Waals surface area contributed by atoms with Gasteiger partial charge in [0.2, 0.25) is 0 Å². The summed E-state index contributed by atoms with van der Waals surface area (Å²) in [6, 6.07) is 17.7. The van der Waals surface area contributed by atoms with E-state index in [-0.39, 0.29) is 11.9 Å². The van der Waals surface area contributed by atoms with Crippen LogP contribution in [0.1, 0.15) is 41.7 Å². The van der Waals surface area contributed by atoms with E-state index >= 15 is 0 Å². The number of amides is 1. The molecule has 134 valence electrons. The van der Waals surface area contributed by atoms with Crippen LogP contribution in [-0.2, 0) is 0 Å². The normalized spacial score (nSPS) is 12.0. The third-order valence-corrected chi connectivity index (χ3v) is 4.15. The molecule has 1 amide bonds. The summed E-state index contributed by atoms with van der Waals surface area (Å²) in [5, 5.41) is 3.03. The van der Waals surface area contributed by atoms with Crippen molar-refractivity contribution < 1.29 is 9.53 Å². The van der Waals surface area contributed by atoms with Gasteiger partial charge in [0.1, 0.15) is 5.75 Å². The largest absolute Gasteiger partial charge is 0.494 e. The summed E-state index contributed by atoms with van der Waals surface area (Å²) in [6.07, 6.45) is 2.14. The number of hydrogen-bond donors (Lipinski definition) is 1. The Bertz CT molecular complexity index is 639. The number of ether oxygens (including phenoxy) is 1. The minimum Gasteiger partial charge on any atom is -0.494 e. The van der Waals surface area contributed by atoms with E-state index in [1.54, 1.807) is 0 Å². The van der Waals surface area contributed by atoms with Crippen molar-refractivity contribution in [3.63, 3.8) is 0 Å². The van der Waals surface area contributed by atoms with Crippen molar-refractivity contribution in [2.24, 2.45) is 0 Å². The van der Waals surface area contributed by atoms with Gasteiger partial charge in [0.25, 0.3) is 5.91 Å². The van der Waals surface area contributed by atoms with Gasteiger partial charge in [0.05, 0.1) is 12.6 Å². The van der Waals surface area contributed by atoms with Crippen molar-refractivity contribution >= 4 is 5.91 Å². The van der Waals surface area contributed by atoms with Crippen LogP contribution in [0, 0.1) is 0 Å². The van der Waals surface area contributed by atoms with Crippen LogP contribution in [0.2, 0.25) is 0 Å². The first-order valence-electron chi connectivity index (χ1n) is 8.84. The zero-order chi connectivity index (χ0) is 18.1. The van der Waals surface area contributed by atoms with Crippen molar-refractivity contribution in [2.45, 2.75) is 25.8 Å². The van der Waals surface area contributed by atoms with Crippen molar-refractivity contribution in [3.8, 4) is 5.75 Å². The molecule has 0 aliphatic rings. The highest BCUT2D eigenvalue weighted by Crippen LogP contribution is 2.17. The molecule has 2 aromatic carbocycles. The molecule has 1 atom stereocenters. The molecule has 0 saturated carbocycles. The number of unbranched alkanes of at least 4 members (excludes halogenated alkanes) is 1. The maximum atomic E-state index is 12.4. The molecule has 0 saturated heterocycles. The number of nitrogens with one attached hydrogen (secondary N) is 1. The highest BCUT2D eigenvalue weighted by molar-refractivity contribution is 5.94. The molecule has 2 rings (SSSR count). The minimum atomic E-state index is -0.0668. The zero-order valence-corrected chi connectivity index (χ0v) is 15.4. The van der Waals surface area contributed by atoms with Crippen molar-refractivity contribution in [1.82, 2.24) is 10.2 Å². The van der Waals surface area contributed by atoms with Crippen LogP contribution in [0.25, 0.3) is 0 Å². The molecule has 0 aliphatic heterocycles. The van der Waals surface area contributed by atoms with Gasteiger partial charge in [-0.3, -0.25) is 4.79 Å². The van der Waals surface area contributed by atoms with Gasteiger partial charge in [-0.2, -0.15) is 0 Å². The molecule has 4 nitrogen and oxygen atoms in total. The third kappa shape index (κ3) is 5.91. The highest BCUT2D eigenvalue weighted by atomic mass is 16.5. The molecule has 25 heavy (non-hydrogen) atoms. The zero-order valence-electron chi connectivity index (χ0n) is 15.4. The van der Waals surface area contributed by atoms with Gasteiger partial charge in [0.15, 0.2) is 0 Å². The Morgan fingerprint density at radius 1 is 1.08 bits per heavy atom. The van der Waals surface area contributed by atoms with E-state index in [0.717, 1.165) is 18.6 Å². The second-order valence-corrected chi connectivity index (χ2v) is 6.33. The summed E-state index contributed by atoms with van der Waals surface area (Å²) in [5.41, 5.74) is 1.83. The van der Waals surface area contributed by atoms with E-state index in [1.165, 1.54) is 5.56 Å². The molecule has 0 aromatic heterocycles. The Morgan fingerprint density at radius 2 is 1.76 bits per heavy atom. The van der Waals surface area contributed by atoms with Crippen LogP contribution in [0.3, 0.4) is 0 Å². The lowest BCUT2D eigenvalue weighted by Gasteiger charge is -2.25. The topological polar surface area (TPSA) is 41.6 Å². The Hall–Kier alpha value is -2.33. The number of carbonyl (C=O) groups excluding carboxylic acids is 1. The molecule has 1 N–H and O–H groups in total. The summed E-state index contributed by atoms with van der Waals surface area (Å²) >= 11 is 0. The molecule has 2 aromatic rings. The number of rotatable bonds is 9. The van der Waals surface area contributed by atoms with Gasteiger partial charge in [-0.1, -0.05) is 43.7 Å². The first-order chi connectivity index (χ1) is 12.1. The Balaban J connectivity index is 1.92. The average molecular weight is 340 g/mol. The second kappa shape index (κ2) is 9.84. The van der Waals surface area contributed by atoms with Gasteiger partial charge < -0.3 is 15.0 Å². The molecule has 4 heteroatoms. The number of benzene rings is 2. The van der Waals surface area contributed by atoms with Crippen LogP contribution >= 0.6 is 0 Å². The smallest absolute Gasteiger partial charge is 0.251 e. The van der Waals surface area contributed by atoms with E-state index < -0.39 is 0 Å². The lowest BCUT2D eigenvalue weighted by molar-refractivity contribution is 0.0942. The van der Waals surface area contributed by atoms with E-state index in [2.05, 4.69) is 29.3 Å². The Labute approximate surface area is 150 Å². The summed E-state index contributed by atoms with van der Waals surface area (Å²) in [7, 11) is 4.04. The lowest BCUT2D eigenvalue weighted by atomic mass is 10.1. The van der Waals surface area contributed by atoms with Crippen LogP contribution < -0.4 is 10.1 Å². The predicted octanol–water partition coefficient (Wildman–Crippen LogP) is 3.90. The van der Waals surface area contributed by atoms with E-state index in [0.29, 0.717) is 18.7 Å². The summed E-state index contributed by atoms with van der Waals surface area (Å²) in [5.74, 6) is 0.739. The van der Waals surface area contributed by atoms with Gasteiger partial charge in [0, 0.05) is 12.1 Å². The Morgan fingerprint density at radius 3 is 2.36 bits per heavy atom. The van der Waals surface area contributed by atoms with Crippen molar-refractivity contribution in [2.75, 3.05) is 27.2 Å². The molecular weight excluding hydrogens is 312 g/mol. The van der Waals surface area contributed by atoms with Crippen molar-refractivity contribution in [3.05, 3.63) is 65.7 Å². The number of hydrogen-bond acceptors (Lipinski definition) is 3. The summed E-state index contributed by atoms with van der Waals surface area (Å²) < 4.78 is 5.63. The SMILES string of the molecule is CCCCOc1ccc(C(=O)NC[C@H](c2ccccc2)N(C)C)cc1. The van der Waals surface area contributed by atoms with Gasteiger partial charge in [-0.15, -0.1) is 0 Å². The molecule has 0 radical (unpaired) electrons. The van der Waals surface area contributed by atoms with Gasteiger partial charge in [-0.05, 0) is 50.3 Å². The minimum absolute atomic E-state index is 0.0668. The molecule has 0 heterocycles. The third-order valence-electron chi connectivity index (χ3n) is 4.15. The highest BCUT2D eigenvalue weighted by Gasteiger charge is 2.15. The van der Waals surface area contributed by atoms with Crippen molar-refractivity contribution in [1.29, 1.82) is 0 Å². The maximum Gasteiger partial charge on any atom is 0.251 e. The van der Waals surface area contributed by atoms with E-state index in [9.17, 15) is 4.79 Å². The fourth-order valence-corrected chi connectivity index (χ4v) is 2.60. The first kappa shape index (κ1) is 19.0. The lowest BCUT2D eigenvalue weighted by Crippen LogP contribution is -2.34. The standard InChI is InChI=1S/C21H28N2O2/c1-4-5-15-25-19-13-11-18(12-14-19)21(24)22-16-20(23(2)3)17-9-7-6-8-10-17/h6-14,20H,4-5,15-16H2,1-3H3,(H,22,24)/t20-/m1/s1. The van der Waals surface area contributed by atoms with Crippen LogP contribution in [0.5, 0.6) is 5.75 Å². The van der Waals surface area contributed by atoms with E-state index in [1.807, 2.05) is 56.6 Å². The molecule has 0 fully saturated rings. The molecule has 0 bridgehead atoms. The predicted molar refractivity (Wildman–Crippen MR) is 102 cm³/mol. The maximum absolute atomic E-state index is 12.4. The number of nitrogens with zero attached hydrogens (tertiary/aromatic N) is 1. The second-order valence-electron chi connectivity index (χ2n) is 6.33. The molecule has 0 unspecified atom stereocenters. The van der Waals surface area contributed by atoms with Crippen LogP contribution in [0.15, 0.2) is 54.6 Å². The average Bonchev–Trinajstić information content (AvgIpc) is 2.63. The van der Waals surface area contributed by atoms with Gasteiger partial charge in [-0.25, -0.2) is 0 Å². The van der Waals surface area contributed by atoms with Crippen LogP contribution in [-0.4, -0.2) is 38.1 Å². The fourth-order valence-electron chi connectivity index (χ4n) is 2.60. The van der Waals surface area contributed by atoms with Crippen LogP contribution in [0.4, 0.5) is 0 Å². The van der Waals surface area contributed by atoms with E-state index in [4.69, 9.17) is 4.74 Å². The summed E-state index contributed by atoms with van der Waals surface area (Å²) in [4.78, 5) is 14.5.